The maximum Gasteiger partial charge on any atom is 0.339 e. The summed E-state index contributed by atoms with van der Waals surface area (Å²) in [5, 5.41) is 9.30. The van der Waals surface area contributed by atoms with Gasteiger partial charge in [0.05, 0.1) is 0 Å². The summed E-state index contributed by atoms with van der Waals surface area (Å²) in [6.07, 6.45) is 4.70. The van der Waals surface area contributed by atoms with Crippen LogP contribution in [0.5, 0.6) is 0 Å². The molecule has 0 atom stereocenters. The molecule has 1 N–H and O–H groups in total. The van der Waals surface area contributed by atoms with Gasteiger partial charge in [-0.2, -0.15) is 0 Å². The van der Waals surface area contributed by atoms with Gasteiger partial charge < -0.3 is 5.11 Å². The van der Waals surface area contributed by atoms with Crippen molar-refractivity contribution in [2.24, 2.45) is 0 Å². The van der Waals surface area contributed by atoms with Crippen molar-refractivity contribution in [3.63, 3.8) is 0 Å². The molecule has 86 valence electrons. The summed E-state index contributed by atoms with van der Waals surface area (Å²) in [5.74, 6) is -0.960. The van der Waals surface area contributed by atoms with E-state index < -0.39 is 5.97 Å². The van der Waals surface area contributed by atoms with Crippen molar-refractivity contribution >= 4 is 17.6 Å². The summed E-state index contributed by atoms with van der Waals surface area (Å²) in [6, 6.07) is 0. The average Bonchev–Trinajstić information content (AvgIpc) is 2.27. The first-order valence-electron chi connectivity index (χ1n) is 5.58. The first-order chi connectivity index (χ1) is 7.65. The minimum atomic E-state index is -0.960. The molecule has 0 aliphatic heterocycles. The van der Waals surface area contributed by atoms with Crippen molar-refractivity contribution in [3.05, 3.63) is 27.5 Å². The molecule has 0 aromatic carbocycles. The monoisotopic (exact) mass is 239 g/mol. The van der Waals surface area contributed by atoms with E-state index >= 15 is 0 Å². The third-order valence-corrected chi connectivity index (χ3v) is 3.38. The molecule has 1 aliphatic carbocycles. The van der Waals surface area contributed by atoms with Gasteiger partial charge in [-0.15, -0.1) is 0 Å². The highest BCUT2D eigenvalue weighted by Gasteiger charge is 2.24. The quantitative estimate of drug-likeness (QED) is 0.808. The van der Waals surface area contributed by atoms with E-state index in [2.05, 4.69) is 4.98 Å². The van der Waals surface area contributed by atoms with Gasteiger partial charge in [0.2, 0.25) is 0 Å². The van der Waals surface area contributed by atoms with Crippen LogP contribution in [0.15, 0.2) is 0 Å². The van der Waals surface area contributed by atoms with E-state index in [1.165, 1.54) is 0 Å². The Balaban J connectivity index is 2.67. The van der Waals surface area contributed by atoms with Gasteiger partial charge in [0.25, 0.3) is 0 Å². The molecule has 0 spiro atoms. The summed E-state index contributed by atoms with van der Waals surface area (Å²) in [5.41, 5.74) is 3.21. The van der Waals surface area contributed by atoms with Crippen LogP contribution in [0.1, 0.15) is 46.9 Å². The van der Waals surface area contributed by atoms with E-state index in [9.17, 15) is 4.79 Å². The van der Waals surface area contributed by atoms with Crippen molar-refractivity contribution < 1.29 is 9.90 Å². The number of halogens is 1. The van der Waals surface area contributed by atoms with Gasteiger partial charge in [0.1, 0.15) is 10.7 Å². The molecule has 0 amide bonds. The SMILES string of the molecule is CCc1nc(Cl)c(C(=O)O)c2c1CCCC2. The summed E-state index contributed by atoms with van der Waals surface area (Å²) in [6.45, 7) is 2.02. The molecule has 1 heterocycles. The van der Waals surface area contributed by atoms with Gasteiger partial charge in [0.15, 0.2) is 0 Å². The lowest BCUT2D eigenvalue weighted by molar-refractivity contribution is 0.0695. The minimum Gasteiger partial charge on any atom is -0.478 e. The number of nitrogens with zero attached hydrogens (tertiary/aromatic N) is 1. The fourth-order valence-electron chi connectivity index (χ4n) is 2.38. The predicted molar refractivity (Wildman–Crippen MR) is 62.2 cm³/mol. The van der Waals surface area contributed by atoms with Gasteiger partial charge in [-0.1, -0.05) is 18.5 Å². The number of aryl methyl sites for hydroxylation is 1. The van der Waals surface area contributed by atoms with Crippen molar-refractivity contribution in [1.82, 2.24) is 4.98 Å². The molecule has 2 rings (SSSR count). The van der Waals surface area contributed by atoms with E-state index in [-0.39, 0.29) is 10.7 Å². The number of hydrogen-bond acceptors (Lipinski definition) is 2. The van der Waals surface area contributed by atoms with Crippen LogP contribution in [0.4, 0.5) is 0 Å². The molecule has 3 nitrogen and oxygen atoms in total. The predicted octanol–water partition coefficient (Wildman–Crippen LogP) is 2.87. The molecule has 0 fully saturated rings. The molecule has 1 aromatic rings. The molecular formula is C12H14ClNO2. The van der Waals surface area contributed by atoms with Crippen LogP contribution in [-0.2, 0) is 19.3 Å². The van der Waals surface area contributed by atoms with Crippen LogP contribution >= 0.6 is 11.6 Å². The molecule has 16 heavy (non-hydrogen) atoms. The summed E-state index contributed by atoms with van der Waals surface area (Å²) >= 11 is 5.95. The van der Waals surface area contributed by atoms with Crippen molar-refractivity contribution in [2.75, 3.05) is 0 Å². The maximum absolute atomic E-state index is 11.2. The zero-order valence-electron chi connectivity index (χ0n) is 9.22. The lowest BCUT2D eigenvalue weighted by Crippen LogP contribution is -2.15. The fourth-order valence-corrected chi connectivity index (χ4v) is 2.67. The second kappa shape index (κ2) is 4.42. The molecule has 0 bridgehead atoms. The number of carbonyl (C=O) groups is 1. The molecule has 1 aliphatic rings. The first kappa shape index (κ1) is 11.4. The minimum absolute atomic E-state index is 0.144. The summed E-state index contributed by atoms with van der Waals surface area (Å²) in [4.78, 5) is 15.4. The smallest absolute Gasteiger partial charge is 0.339 e. The standard InChI is InChI=1S/C12H14ClNO2/c1-2-9-7-5-3-4-6-8(7)10(12(15)16)11(13)14-9/h2-6H2,1H3,(H,15,16). The van der Waals surface area contributed by atoms with E-state index in [0.717, 1.165) is 48.9 Å². The second-order valence-corrected chi connectivity index (χ2v) is 4.41. The zero-order valence-corrected chi connectivity index (χ0v) is 9.97. The highest BCUT2D eigenvalue weighted by molar-refractivity contribution is 6.32. The van der Waals surface area contributed by atoms with Gasteiger partial charge in [0, 0.05) is 5.69 Å². The van der Waals surface area contributed by atoms with Crippen LogP contribution in [-0.4, -0.2) is 16.1 Å². The number of hydrogen-bond donors (Lipinski definition) is 1. The Labute approximate surface area is 99.5 Å². The topological polar surface area (TPSA) is 50.2 Å². The number of aromatic carboxylic acids is 1. The Kier molecular flexibility index (Phi) is 3.15. The normalized spacial score (nSPS) is 14.6. The molecule has 0 saturated heterocycles. The summed E-state index contributed by atoms with van der Waals surface area (Å²) in [7, 11) is 0. The number of aromatic nitrogens is 1. The molecular weight excluding hydrogens is 226 g/mol. The van der Waals surface area contributed by atoms with Gasteiger partial charge in [-0.3, -0.25) is 0 Å². The lowest BCUT2D eigenvalue weighted by Gasteiger charge is -2.21. The number of pyridine rings is 1. The van der Waals surface area contributed by atoms with Crippen LogP contribution < -0.4 is 0 Å². The molecule has 4 heteroatoms. The number of carboxylic acids is 1. The molecule has 0 unspecified atom stereocenters. The highest BCUT2D eigenvalue weighted by Crippen LogP contribution is 2.30. The second-order valence-electron chi connectivity index (χ2n) is 4.05. The third kappa shape index (κ3) is 1.80. The van der Waals surface area contributed by atoms with Gasteiger partial charge >= 0.3 is 5.97 Å². The van der Waals surface area contributed by atoms with Crippen LogP contribution in [0, 0.1) is 0 Å². The average molecular weight is 240 g/mol. The fraction of sp³-hybridized carbons (Fsp3) is 0.500. The Morgan fingerprint density at radius 1 is 1.38 bits per heavy atom. The van der Waals surface area contributed by atoms with Crippen molar-refractivity contribution in [1.29, 1.82) is 0 Å². The maximum atomic E-state index is 11.2. The number of rotatable bonds is 2. The Hall–Kier alpha value is -1.09. The van der Waals surface area contributed by atoms with E-state index in [0.29, 0.717) is 0 Å². The van der Waals surface area contributed by atoms with E-state index in [1.807, 2.05) is 6.92 Å². The molecule has 0 radical (unpaired) electrons. The third-order valence-electron chi connectivity index (χ3n) is 3.11. The molecule has 1 aromatic heterocycles. The number of fused-ring (bicyclic) bond motifs is 1. The van der Waals surface area contributed by atoms with E-state index in [1.54, 1.807) is 0 Å². The highest BCUT2D eigenvalue weighted by atomic mass is 35.5. The Bertz CT molecular complexity index is 443. The van der Waals surface area contributed by atoms with Crippen LogP contribution in [0.3, 0.4) is 0 Å². The van der Waals surface area contributed by atoms with Crippen LogP contribution in [0.25, 0.3) is 0 Å². The van der Waals surface area contributed by atoms with Crippen LogP contribution in [0.2, 0.25) is 5.15 Å². The first-order valence-corrected chi connectivity index (χ1v) is 5.96. The van der Waals surface area contributed by atoms with Gasteiger partial charge in [-0.05, 0) is 43.2 Å². The summed E-state index contributed by atoms with van der Waals surface area (Å²) < 4.78 is 0. The zero-order chi connectivity index (χ0) is 11.7. The van der Waals surface area contributed by atoms with Crippen molar-refractivity contribution in [2.45, 2.75) is 39.0 Å². The number of carboxylic acid groups (broad SMARTS) is 1. The lowest BCUT2D eigenvalue weighted by atomic mass is 9.87. The largest absolute Gasteiger partial charge is 0.478 e. The Morgan fingerprint density at radius 3 is 2.56 bits per heavy atom. The Morgan fingerprint density at radius 2 is 2.00 bits per heavy atom. The van der Waals surface area contributed by atoms with E-state index in [4.69, 9.17) is 16.7 Å². The van der Waals surface area contributed by atoms with Crippen molar-refractivity contribution in [3.8, 4) is 0 Å². The molecule has 0 saturated carbocycles. The van der Waals surface area contributed by atoms with Gasteiger partial charge in [-0.25, -0.2) is 9.78 Å².